The normalized spacial score (nSPS) is 16.3. The number of anilines is 2. The van der Waals surface area contributed by atoms with Gasteiger partial charge in [0.2, 0.25) is 6.39 Å². The van der Waals surface area contributed by atoms with E-state index in [0.29, 0.717) is 39.9 Å². The zero-order valence-electron chi connectivity index (χ0n) is 15.7. The van der Waals surface area contributed by atoms with Crippen molar-refractivity contribution in [2.75, 3.05) is 10.7 Å². The predicted molar refractivity (Wildman–Crippen MR) is 110 cm³/mol. The summed E-state index contributed by atoms with van der Waals surface area (Å²) in [6, 6.07) is 9.00. The molecule has 3 aromatic rings. The number of aliphatic hydroxyl groups excluding tert-OH is 2. The first-order valence-corrected chi connectivity index (χ1v) is 9.46. The van der Waals surface area contributed by atoms with Crippen LogP contribution in [0.5, 0.6) is 0 Å². The monoisotopic (exact) mass is 413 g/mol. The van der Waals surface area contributed by atoms with Crippen LogP contribution in [0.3, 0.4) is 0 Å². The lowest BCUT2D eigenvalue weighted by Gasteiger charge is -2.21. The fraction of sp³-hybridized carbons (Fsp3) is 0.250. The van der Waals surface area contributed by atoms with Gasteiger partial charge in [-0.15, -0.1) is 0 Å². The van der Waals surface area contributed by atoms with Crippen LogP contribution in [0.1, 0.15) is 34.7 Å². The van der Waals surface area contributed by atoms with Gasteiger partial charge in [0.05, 0.1) is 35.7 Å². The number of nitrogens with two attached hydrogens (primary N) is 1. The number of nitrogen functional groups attached to an aromatic ring is 1. The molecular formula is C20H20ClN5O3. The Labute approximate surface area is 172 Å². The predicted octanol–water partition coefficient (Wildman–Crippen LogP) is 2.49. The molecule has 150 valence electrons. The number of hydrogen-bond donors (Lipinski definition) is 3. The van der Waals surface area contributed by atoms with Crippen LogP contribution in [-0.4, -0.2) is 32.1 Å². The number of halogens is 1. The lowest BCUT2D eigenvalue weighted by molar-refractivity contribution is 0.260. The molecule has 2 aromatic carbocycles. The summed E-state index contributed by atoms with van der Waals surface area (Å²) in [5, 5.41) is 30.4. The highest BCUT2D eigenvalue weighted by atomic mass is 35.5. The van der Waals surface area contributed by atoms with E-state index in [2.05, 4.69) is 10.1 Å². The summed E-state index contributed by atoms with van der Waals surface area (Å²) in [6.45, 7) is 1.65. The van der Waals surface area contributed by atoms with Crippen LogP contribution >= 0.6 is 11.6 Å². The van der Waals surface area contributed by atoms with Crippen LogP contribution in [0.25, 0.3) is 0 Å². The highest BCUT2D eigenvalue weighted by Crippen LogP contribution is 2.30. The molecule has 1 aliphatic rings. The molecule has 1 unspecified atom stereocenters. The van der Waals surface area contributed by atoms with Gasteiger partial charge in [0, 0.05) is 11.1 Å². The first-order chi connectivity index (χ1) is 14.0. The lowest BCUT2D eigenvalue weighted by atomic mass is 9.90. The van der Waals surface area contributed by atoms with Crippen molar-refractivity contribution in [1.82, 2.24) is 10.1 Å². The van der Waals surface area contributed by atoms with Crippen molar-refractivity contribution in [3.63, 3.8) is 0 Å². The van der Waals surface area contributed by atoms with Crippen molar-refractivity contribution in [2.24, 2.45) is 5.10 Å². The zero-order valence-corrected chi connectivity index (χ0v) is 16.5. The van der Waals surface area contributed by atoms with Crippen LogP contribution in [0.4, 0.5) is 11.6 Å². The first-order valence-electron chi connectivity index (χ1n) is 9.08. The summed E-state index contributed by atoms with van der Waals surface area (Å²) in [4.78, 5) is 4.14. The Morgan fingerprint density at radius 1 is 1.21 bits per heavy atom. The van der Waals surface area contributed by atoms with E-state index in [1.54, 1.807) is 17.1 Å². The summed E-state index contributed by atoms with van der Waals surface area (Å²) in [5.41, 5.74) is 10.9. The fourth-order valence-electron chi connectivity index (χ4n) is 3.48. The third-order valence-corrected chi connectivity index (χ3v) is 5.32. The minimum absolute atomic E-state index is 0.0837. The van der Waals surface area contributed by atoms with Gasteiger partial charge in [-0.05, 0) is 53.4 Å². The molecule has 29 heavy (non-hydrogen) atoms. The van der Waals surface area contributed by atoms with Gasteiger partial charge >= 0.3 is 0 Å². The molecule has 0 saturated heterocycles. The summed E-state index contributed by atoms with van der Waals surface area (Å²) in [6.07, 6.45) is 1.88. The molecule has 1 aliphatic heterocycles. The van der Waals surface area contributed by atoms with Crippen molar-refractivity contribution < 1.29 is 14.7 Å². The Hall–Kier alpha value is -2.94. The minimum Gasteiger partial charge on any atom is -0.398 e. The maximum atomic E-state index is 9.78. The van der Waals surface area contributed by atoms with Gasteiger partial charge in [0.25, 0.3) is 5.95 Å². The van der Waals surface area contributed by atoms with Gasteiger partial charge in [-0.3, -0.25) is 0 Å². The number of hydrazone groups is 1. The standard InChI is InChI=1S/C20H20ClN5O3/c1-11-4-13-5-14(8-27)15(9-28)6-16(13)19(12-2-3-18(22)17(21)7-12)24-26(11)20-23-10-29-25-20/h2-3,5-7,10-11,27-28H,4,8-9,22H2,1H3. The van der Waals surface area contributed by atoms with Gasteiger partial charge in [0.15, 0.2) is 0 Å². The van der Waals surface area contributed by atoms with E-state index in [-0.39, 0.29) is 19.3 Å². The summed E-state index contributed by atoms with van der Waals surface area (Å²) in [5.74, 6) is 0.342. The molecule has 2 heterocycles. The molecule has 0 bridgehead atoms. The average Bonchev–Trinajstić information content (AvgIpc) is 3.20. The van der Waals surface area contributed by atoms with E-state index in [9.17, 15) is 10.2 Å². The minimum atomic E-state index is -0.191. The molecule has 0 fully saturated rings. The number of rotatable bonds is 4. The molecular weight excluding hydrogens is 394 g/mol. The SMILES string of the molecule is CC1Cc2cc(CO)c(CO)cc2C(c2ccc(N)c(Cl)c2)=NN1c1ncon1. The number of fused-ring (bicyclic) bond motifs is 1. The van der Waals surface area contributed by atoms with E-state index in [0.717, 1.165) is 16.7 Å². The summed E-state index contributed by atoms with van der Waals surface area (Å²) in [7, 11) is 0. The number of hydrogen-bond acceptors (Lipinski definition) is 8. The Morgan fingerprint density at radius 3 is 2.62 bits per heavy atom. The molecule has 4 N–H and O–H groups in total. The number of nitrogens with zero attached hydrogens (tertiary/aromatic N) is 4. The van der Waals surface area contributed by atoms with Gasteiger partial charge < -0.3 is 20.5 Å². The molecule has 8 nitrogen and oxygen atoms in total. The molecule has 0 amide bonds. The Balaban J connectivity index is 1.96. The maximum absolute atomic E-state index is 9.78. The molecule has 0 saturated carbocycles. The Bertz CT molecular complexity index is 1070. The van der Waals surface area contributed by atoms with Gasteiger partial charge in [-0.2, -0.15) is 10.1 Å². The molecule has 9 heteroatoms. The van der Waals surface area contributed by atoms with Crippen LogP contribution in [0.15, 0.2) is 46.3 Å². The second kappa shape index (κ2) is 7.82. The van der Waals surface area contributed by atoms with E-state index >= 15 is 0 Å². The van der Waals surface area contributed by atoms with Crippen molar-refractivity contribution in [3.05, 3.63) is 69.6 Å². The zero-order chi connectivity index (χ0) is 20.5. The third-order valence-electron chi connectivity index (χ3n) is 4.99. The van der Waals surface area contributed by atoms with E-state index in [1.807, 2.05) is 25.1 Å². The smallest absolute Gasteiger partial charge is 0.286 e. The number of benzene rings is 2. The largest absolute Gasteiger partial charge is 0.398 e. The average molecular weight is 414 g/mol. The van der Waals surface area contributed by atoms with Crippen LogP contribution in [0.2, 0.25) is 5.02 Å². The molecule has 1 aromatic heterocycles. The molecule has 1 atom stereocenters. The first kappa shape index (κ1) is 19.4. The van der Waals surface area contributed by atoms with Crippen molar-refractivity contribution in [2.45, 2.75) is 32.6 Å². The van der Waals surface area contributed by atoms with E-state index in [1.165, 1.54) is 6.39 Å². The molecule has 0 spiro atoms. The van der Waals surface area contributed by atoms with Gasteiger partial charge in [-0.1, -0.05) is 23.7 Å². The quantitative estimate of drug-likeness (QED) is 0.562. The molecule has 0 aliphatic carbocycles. The number of aliphatic hydroxyl groups is 2. The van der Waals surface area contributed by atoms with E-state index in [4.69, 9.17) is 27.0 Å². The Kier molecular flexibility index (Phi) is 5.23. The second-order valence-electron chi connectivity index (χ2n) is 6.91. The van der Waals surface area contributed by atoms with Crippen LogP contribution in [-0.2, 0) is 19.6 Å². The highest BCUT2D eigenvalue weighted by Gasteiger charge is 2.27. The van der Waals surface area contributed by atoms with Crippen molar-refractivity contribution >= 4 is 28.9 Å². The second-order valence-corrected chi connectivity index (χ2v) is 7.32. The maximum Gasteiger partial charge on any atom is 0.286 e. The highest BCUT2D eigenvalue weighted by molar-refractivity contribution is 6.33. The lowest BCUT2D eigenvalue weighted by Crippen LogP contribution is -2.30. The van der Waals surface area contributed by atoms with Gasteiger partial charge in [0.1, 0.15) is 0 Å². The molecule has 0 radical (unpaired) electrons. The summed E-state index contributed by atoms with van der Waals surface area (Å²) >= 11 is 6.27. The fourth-order valence-corrected chi connectivity index (χ4v) is 3.67. The van der Waals surface area contributed by atoms with Crippen LogP contribution in [0, 0.1) is 0 Å². The van der Waals surface area contributed by atoms with Gasteiger partial charge in [-0.25, -0.2) is 5.01 Å². The summed E-state index contributed by atoms with van der Waals surface area (Å²) < 4.78 is 4.91. The topological polar surface area (TPSA) is 121 Å². The van der Waals surface area contributed by atoms with Crippen molar-refractivity contribution in [1.29, 1.82) is 0 Å². The van der Waals surface area contributed by atoms with E-state index < -0.39 is 0 Å². The Morgan fingerprint density at radius 2 is 1.97 bits per heavy atom. The van der Waals surface area contributed by atoms with Crippen molar-refractivity contribution in [3.8, 4) is 0 Å². The number of aromatic nitrogens is 2. The molecule has 4 rings (SSSR count). The third kappa shape index (κ3) is 3.57. The van der Waals surface area contributed by atoms with Crippen LogP contribution < -0.4 is 10.7 Å².